The van der Waals surface area contributed by atoms with Crippen molar-refractivity contribution in [2.75, 3.05) is 23.9 Å². The number of hydrogen-bond acceptors (Lipinski definition) is 6. The molecule has 0 unspecified atom stereocenters. The smallest absolute Gasteiger partial charge is 0.335 e. The Kier molecular flexibility index (Phi) is 7.52. The number of urea groups is 1. The number of carbonyl (C=O) groups is 4. The minimum Gasteiger partial charge on any atom is -0.493 e. The summed E-state index contributed by atoms with van der Waals surface area (Å²) in [6.45, 7) is 3.34. The number of carbonyl (C=O) groups excluding carboxylic acids is 4. The van der Waals surface area contributed by atoms with Crippen molar-refractivity contribution in [3.8, 4) is 11.5 Å². The molecule has 1 aliphatic rings. The maximum atomic E-state index is 13.2. The molecule has 1 saturated heterocycles. The Morgan fingerprint density at radius 3 is 2.32 bits per heavy atom. The van der Waals surface area contributed by atoms with E-state index in [1.807, 2.05) is 19.9 Å². The van der Waals surface area contributed by atoms with Crippen molar-refractivity contribution in [1.29, 1.82) is 0 Å². The number of amides is 5. The van der Waals surface area contributed by atoms with Crippen molar-refractivity contribution in [2.45, 2.75) is 13.8 Å². The normalized spacial score (nSPS) is 14.4. The largest absolute Gasteiger partial charge is 0.493 e. The molecule has 0 aromatic heterocycles. The van der Waals surface area contributed by atoms with Gasteiger partial charge in [0.05, 0.1) is 12.8 Å². The molecular formula is C28H24FN3O6. The average molecular weight is 518 g/mol. The second-order valence-electron chi connectivity index (χ2n) is 8.56. The maximum Gasteiger partial charge on any atom is 0.335 e. The summed E-state index contributed by atoms with van der Waals surface area (Å²) in [5.41, 5.74) is 2.67. The maximum absolute atomic E-state index is 13.2. The van der Waals surface area contributed by atoms with Crippen LogP contribution in [0.15, 0.2) is 66.2 Å². The van der Waals surface area contributed by atoms with E-state index in [4.69, 9.17) is 9.47 Å². The molecule has 0 radical (unpaired) electrons. The van der Waals surface area contributed by atoms with Crippen LogP contribution in [0.4, 0.5) is 20.6 Å². The fourth-order valence-corrected chi connectivity index (χ4v) is 3.91. The molecule has 0 bridgehead atoms. The predicted molar refractivity (Wildman–Crippen MR) is 138 cm³/mol. The molecule has 1 heterocycles. The van der Waals surface area contributed by atoms with E-state index in [2.05, 4.69) is 10.6 Å². The van der Waals surface area contributed by atoms with Crippen LogP contribution in [0.5, 0.6) is 11.5 Å². The van der Waals surface area contributed by atoms with Crippen LogP contribution >= 0.6 is 0 Å². The van der Waals surface area contributed by atoms with Gasteiger partial charge in [-0.1, -0.05) is 12.1 Å². The standard InChI is InChI=1S/C28H24FN3O6/c1-16-10-17(2)12-21(11-16)32-27(35)22(26(34)31-28(32)36)13-18-4-9-23(24(14-18)37-3)38-15-25(33)30-20-7-5-19(29)6-8-20/h4-14H,15H2,1-3H3,(H,30,33)(H,31,34,36)/b22-13+. The summed E-state index contributed by atoms with van der Waals surface area (Å²) in [6, 6.07) is 14.3. The van der Waals surface area contributed by atoms with Gasteiger partial charge in [0.2, 0.25) is 0 Å². The van der Waals surface area contributed by atoms with Crippen LogP contribution in [-0.2, 0) is 14.4 Å². The summed E-state index contributed by atoms with van der Waals surface area (Å²) in [5, 5.41) is 4.79. The third kappa shape index (κ3) is 5.86. The number of nitrogens with zero attached hydrogens (tertiary/aromatic N) is 1. The van der Waals surface area contributed by atoms with Gasteiger partial charge in [0.1, 0.15) is 11.4 Å². The first kappa shape index (κ1) is 26.1. The zero-order chi connectivity index (χ0) is 27.4. The molecule has 0 atom stereocenters. The van der Waals surface area contributed by atoms with E-state index in [1.165, 1.54) is 49.6 Å². The number of barbiturate groups is 1. The van der Waals surface area contributed by atoms with E-state index in [9.17, 15) is 23.6 Å². The van der Waals surface area contributed by atoms with Gasteiger partial charge in [-0.3, -0.25) is 19.7 Å². The highest BCUT2D eigenvalue weighted by Crippen LogP contribution is 2.30. The monoisotopic (exact) mass is 517 g/mol. The molecule has 0 spiro atoms. The summed E-state index contributed by atoms with van der Waals surface area (Å²) in [7, 11) is 1.40. The van der Waals surface area contributed by atoms with Crippen molar-refractivity contribution in [3.05, 3.63) is 88.7 Å². The fourth-order valence-electron chi connectivity index (χ4n) is 3.91. The molecule has 1 aliphatic heterocycles. The van der Waals surface area contributed by atoms with Gasteiger partial charge < -0.3 is 14.8 Å². The van der Waals surface area contributed by atoms with Crippen molar-refractivity contribution >= 4 is 41.2 Å². The Morgan fingerprint density at radius 2 is 1.66 bits per heavy atom. The van der Waals surface area contributed by atoms with Crippen molar-refractivity contribution in [1.82, 2.24) is 5.32 Å². The highest BCUT2D eigenvalue weighted by atomic mass is 19.1. The minimum absolute atomic E-state index is 0.238. The van der Waals surface area contributed by atoms with Crippen LogP contribution in [0, 0.1) is 19.7 Å². The lowest BCUT2D eigenvalue weighted by Gasteiger charge is -2.27. The van der Waals surface area contributed by atoms with Gasteiger partial charge in [-0.15, -0.1) is 0 Å². The number of imide groups is 2. The Morgan fingerprint density at radius 1 is 0.974 bits per heavy atom. The number of ether oxygens (including phenoxy) is 2. The Balaban J connectivity index is 1.52. The second-order valence-corrected chi connectivity index (χ2v) is 8.56. The van der Waals surface area contributed by atoms with E-state index in [-0.39, 0.29) is 23.7 Å². The molecule has 3 aromatic rings. The predicted octanol–water partition coefficient (Wildman–Crippen LogP) is 4.14. The molecule has 0 saturated carbocycles. The van der Waals surface area contributed by atoms with Crippen LogP contribution in [0.3, 0.4) is 0 Å². The molecular weight excluding hydrogens is 493 g/mol. The van der Waals surface area contributed by atoms with Crippen molar-refractivity contribution < 1.29 is 33.0 Å². The molecule has 4 rings (SSSR count). The molecule has 194 valence electrons. The number of nitrogens with one attached hydrogen (secondary N) is 2. The van der Waals surface area contributed by atoms with Gasteiger partial charge in [0.15, 0.2) is 18.1 Å². The first-order valence-corrected chi connectivity index (χ1v) is 11.5. The number of rotatable bonds is 7. The quantitative estimate of drug-likeness (QED) is 0.360. The van der Waals surface area contributed by atoms with Crippen LogP contribution < -0.4 is 25.0 Å². The van der Waals surface area contributed by atoms with Gasteiger partial charge in [-0.25, -0.2) is 14.1 Å². The van der Waals surface area contributed by atoms with E-state index >= 15 is 0 Å². The minimum atomic E-state index is -0.831. The van der Waals surface area contributed by atoms with E-state index in [0.717, 1.165) is 16.0 Å². The second kappa shape index (κ2) is 11.0. The first-order chi connectivity index (χ1) is 18.1. The van der Waals surface area contributed by atoms with E-state index in [1.54, 1.807) is 18.2 Å². The summed E-state index contributed by atoms with van der Waals surface area (Å²) >= 11 is 0. The third-order valence-electron chi connectivity index (χ3n) is 5.55. The molecule has 10 heteroatoms. The fraction of sp³-hybridized carbons (Fsp3) is 0.143. The van der Waals surface area contributed by atoms with Crippen LogP contribution in [-0.4, -0.2) is 37.5 Å². The molecule has 38 heavy (non-hydrogen) atoms. The lowest BCUT2D eigenvalue weighted by molar-refractivity contribution is -0.122. The Hall–Kier alpha value is -4.99. The first-order valence-electron chi connectivity index (χ1n) is 11.5. The van der Waals surface area contributed by atoms with Gasteiger partial charge in [0.25, 0.3) is 17.7 Å². The summed E-state index contributed by atoms with van der Waals surface area (Å²) in [4.78, 5) is 51.3. The van der Waals surface area contributed by atoms with E-state index < -0.39 is 29.6 Å². The van der Waals surface area contributed by atoms with Crippen LogP contribution in [0.1, 0.15) is 16.7 Å². The van der Waals surface area contributed by atoms with Gasteiger partial charge >= 0.3 is 6.03 Å². The third-order valence-corrected chi connectivity index (χ3v) is 5.55. The molecule has 5 amide bonds. The topological polar surface area (TPSA) is 114 Å². The Labute approximate surface area is 217 Å². The number of aryl methyl sites for hydroxylation is 2. The summed E-state index contributed by atoms with van der Waals surface area (Å²) in [6.07, 6.45) is 1.34. The van der Waals surface area contributed by atoms with Crippen LogP contribution in [0.25, 0.3) is 6.08 Å². The molecule has 0 aliphatic carbocycles. The van der Waals surface area contributed by atoms with E-state index in [0.29, 0.717) is 16.9 Å². The van der Waals surface area contributed by atoms with Crippen molar-refractivity contribution in [3.63, 3.8) is 0 Å². The average Bonchev–Trinajstić information content (AvgIpc) is 2.86. The number of halogens is 1. The lowest BCUT2D eigenvalue weighted by Crippen LogP contribution is -2.54. The number of methoxy groups -OCH3 is 1. The van der Waals surface area contributed by atoms with Gasteiger partial charge in [-0.05, 0) is 85.1 Å². The molecule has 1 fully saturated rings. The molecule has 2 N–H and O–H groups in total. The van der Waals surface area contributed by atoms with Gasteiger partial charge in [-0.2, -0.15) is 0 Å². The van der Waals surface area contributed by atoms with Gasteiger partial charge in [0, 0.05) is 5.69 Å². The molecule has 9 nitrogen and oxygen atoms in total. The SMILES string of the molecule is COc1cc(/C=C2\C(=O)NC(=O)N(c3cc(C)cc(C)c3)C2=O)ccc1OCC(=O)Nc1ccc(F)cc1. The highest BCUT2D eigenvalue weighted by molar-refractivity contribution is 6.39. The van der Waals surface area contributed by atoms with Crippen LogP contribution in [0.2, 0.25) is 0 Å². The number of hydrogen-bond donors (Lipinski definition) is 2. The summed E-state index contributed by atoms with van der Waals surface area (Å²) in [5.74, 6) is -1.98. The number of benzene rings is 3. The summed E-state index contributed by atoms with van der Waals surface area (Å²) < 4.78 is 23.9. The molecule has 3 aromatic carbocycles. The highest BCUT2D eigenvalue weighted by Gasteiger charge is 2.37. The number of anilines is 2. The van der Waals surface area contributed by atoms with Crippen molar-refractivity contribution in [2.24, 2.45) is 0 Å². The lowest BCUT2D eigenvalue weighted by atomic mass is 10.0. The zero-order valence-corrected chi connectivity index (χ0v) is 20.8. The zero-order valence-electron chi connectivity index (χ0n) is 20.8. The Bertz CT molecular complexity index is 1450.